The van der Waals surface area contributed by atoms with Crippen molar-refractivity contribution in [3.8, 4) is 0 Å². The molecule has 2 amide bonds. The summed E-state index contributed by atoms with van der Waals surface area (Å²) in [6.45, 7) is 8.42. The number of fused-ring (bicyclic) bond motifs is 1. The Balaban J connectivity index is 1.78. The molecule has 0 radical (unpaired) electrons. The molecule has 0 aliphatic carbocycles. The molecule has 9 nitrogen and oxygen atoms in total. The van der Waals surface area contributed by atoms with Gasteiger partial charge in [0.25, 0.3) is 0 Å². The minimum atomic E-state index is -1.11. The van der Waals surface area contributed by atoms with Crippen LogP contribution in [0.2, 0.25) is 0 Å². The summed E-state index contributed by atoms with van der Waals surface area (Å²) in [5.41, 5.74) is -1.50. The molecule has 3 rings (SSSR count). The van der Waals surface area contributed by atoms with Gasteiger partial charge >= 0.3 is 6.09 Å². The number of nitrogens with zero attached hydrogens (tertiary/aromatic N) is 3. The van der Waals surface area contributed by atoms with E-state index in [0.29, 0.717) is 32.4 Å². The maximum absolute atomic E-state index is 13.2. The second-order valence-corrected chi connectivity index (χ2v) is 9.39. The van der Waals surface area contributed by atoms with Gasteiger partial charge in [0.15, 0.2) is 0 Å². The van der Waals surface area contributed by atoms with Crippen molar-refractivity contribution in [3.05, 3.63) is 18.6 Å². The van der Waals surface area contributed by atoms with Crippen LogP contribution in [0.4, 0.5) is 10.6 Å². The van der Waals surface area contributed by atoms with Gasteiger partial charge in [0.2, 0.25) is 5.91 Å². The first-order valence-corrected chi connectivity index (χ1v) is 11.1. The average Bonchev–Trinajstić information content (AvgIpc) is 3.16. The smallest absolute Gasteiger partial charge is 0.408 e. The first-order valence-electron chi connectivity index (χ1n) is 10.6. The minimum Gasteiger partial charge on any atom is -0.444 e. The maximum atomic E-state index is 13.2. The fourth-order valence-electron chi connectivity index (χ4n) is 3.72. The lowest BCUT2D eigenvalue weighted by molar-refractivity contribution is -0.128. The van der Waals surface area contributed by atoms with E-state index in [1.54, 1.807) is 20.8 Å². The van der Waals surface area contributed by atoms with Crippen molar-refractivity contribution in [2.24, 2.45) is 0 Å². The fraction of sp³-hybridized carbons (Fsp3) is 0.619. The number of H-pyrrole nitrogens is 1. The normalized spacial score (nSPS) is 17.3. The Hall–Kier alpha value is -2.55. The molecule has 1 aliphatic rings. The summed E-state index contributed by atoms with van der Waals surface area (Å²) >= 11 is 6.27. The number of amides is 2. The number of halogens is 1. The molecule has 2 aromatic rings. The monoisotopic (exact) mass is 450 g/mol. The van der Waals surface area contributed by atoms with Gasteiger partial charge in [-0.25, -0.2) is 14.8 Å². The highest BCUT2D eigenvalue weighted by Gasteiger charge is 2.44. The number of alkyl carbamates (subject to hydrolysis) is 1. The SMILES string of the molecule is CCCC(Cl)NC(=O)C1(NC(=O)OC(C)(C)C)CCN(c2ncnc3[nH]ccc23)CC1. The quantitative estimate of drug-likeness (QED) is 0.459. The van der Waals surface area contributed by atoms with Gasteiger partial charge in [-0.3, -0.25) is 4.79 Å². The molecular formula is C21H31ClN6O3. The van der Waals surface area contributed by atoms with Gasteiger partial charge in [-0.15, -0.1) is 0 Å². The molecule has 2 aromatic heterocycles. The summed E-state index contributed by atoms with van der Waals surface area (Å²) in [6, 6.07) is 1.93. The van der Waals surface area contributed by atoms with Crippen molar-refractivity contribution in [1.29, 1.82) is 0 Å². The number of alkyl halides is 1. The predicted octanol–water partition coefficient (Wildman–Crippen LogP) is 3.30. The van der Waals surface area contributed by atoms with E-state index in [4.69, 9.17) is 16.3 Å². The third-order valence-corrected chi connectivity index (χ3v) is 5.58. The number of anilines is 1. The molecule has 1 saturated heterocycles. The molecule has 10 heteroatoms. The minimum absolute atomic E-state index is 0.291. The van der Waals surface area contributed by atoms with Crippen LogP contribution in [0.3, 0.4) is 0 Å². The van der Waals surface area contributed by atoms with Crippen molar-refractivity contribution in [3.63, 3.8) is 0 Å². The number of aromatic amines is 1. The Bertz CT molecular complexity index is 917. The fourth-order valence-corrected chi connectivity index (χ4v) is 4.04. The molecule has 1 unspecified atom stereocenters. The highest BCUT2D eigenvalue weighted by molar-refractivity contribution is 6.21. The topological polar surface area (TPSA) is 112 Å². The molecule has 0 bridgehead atoms. The van der Waals surface area contributed by atoms with E-state index in [0.717, 1.165) is 23.3 Å². The van der Waals surface area contributed by atoms with Crippen molar-refractivity contribution >= 4 is 40.5 Å². The van der Waals surface area contributed by atoms with Gasteiger partial charge in [-0.1, -0.05) is 24.9 Å². The van der Waals surface area contributed by atoms with Crippen LogP contribution in [0.5, 0.6) is 0 Å². The Morgan fingerprint density at radius 2 is 2.03 bits per heavy atom. The Morgan fingerprint density at radius 1 is 1.32 bits per heavy atom. The largest absolute Gasteiger partial charge is 0.444 e. The van der Waals surface area contributed by atoms with Crippen LogP contribution in [-0.4, -0.2) is 56.7 Å². The molecule has 31 heavy (non-hydrogen) atoms. The van der Waals surface area contributed by atoms with Gasteiger partial charge in [0.1, 0.15) is 34.4 Å². The number of carbonyl (C=O) groups excluding carboxylic acids is 2. The van der Waals surface area contributed by atoms with Gasteiger partial charge in [0, 0.05) is 19.3 Å². The van der Waals surface area contributed by atoms with Crippen LogP contribution in [0.25, 0.3) is 11.0 Å². The van der Waals surface area contributed by atoms with Crippen molar-refractivity contribution in [2.75, 3.05) is 18.0 Å². The molecule has 0 saturated carbocycles. The molecule has 1 aliphatic heterocycles. The zero-order valence-corrected chi connectivity index (χ0v) is 19.3. The lowest BCUT2D eigenvalue weighted by Crippen LogP contribution is -2.64. The van der Waals surface area contributed by atoms with Crippen LogP contribution in [0, 0.1) is 0 Å². The summed E-state index contributed by atoms with van der Waals surface area (Å²) in [4.78, 5) is 39.6. The highest BCUT2D eigenvalue weighted by Crippen LogP contribution is 2.30. The molecular weight excluding hydrogens is 420 g/mol. The Morgan fingerprint density at radius 3 is 2.68 bits per heavy atom. The lowest BCUT2D eigenvalue weighted by atomic mass is 9.86. The molecule has 1 atom stereocenters. The lowest BCUT2D eigenvalue weighted by Gasteiger charge is -2.42. The zero-order valence-electron chi connectivity index (χ0n) is 18.5. The average molecular weight is 451 g/mol. The first-order chi connectivity index (χ1) is 14.6. The van der Waals surface area contributed by atoms with E-state index in [2.05, 4.69) is 30.5 Å². The number of aromatic nitrogens is 3. The van der Waals surface area contributed by atoms with Crippen molar-refractivity contribution in [1.82, 2.24) is 25.6 Å². The number of piperidine rings is 1. The van der Waals surface area contributed by atoms with Crippen molar-refractivity contribution < 1.29 is 14.3 Å². The number of hydrogen-bond donors (Lipinski definition) is 3. The van der Waals surface area contributed by atoms with E-state index >= 15 is 0 Å². The third-order valence-electron chi connectivity index (χ3n) is 5.25. The molecule has 3 N–H and O–H groups in total. The van der Waals surface area contributed by atoms with Crippen molar-refractivity contribution in [2.45, 2.75) is 70.0 Å². The third kappa shape index (κ3) is 5.58. The number of carbonyl (C=O) groups is 2. The number of ether oxygens (including phenoxy) is 1. The van der Waals surface area contributed by atoms with Gasteiger partial charge in [0.05, 0.1) is 5.39 Å². The molecule has 3 heterocycles. The van der Waals surface area contributed by atoms with E-state index in [1.807, 2.05) is 19.2 Å². The highest BCUT2D eigenvalue weighted by atomic mass is 35.5. The van der Waals surface area contributed by atoms with Crippen LogP contribution in [0.15, 0.2) is 18.6 Å². The van der Waals surface area contributed by atoms with E-state index in [9.17, 15) is 9.59 Å². The van der Waals surface area contributed by atoms with E-state index < -0.39 is 22.7 Å². The van der Waals surface area contributed by atoms with Crippen LogP contribution in [-0.2, 0) is 9.53 Å². The summed E-state index contributed by atoms with van der Waals surface area (Å²) in [7, 11) is 0. The van der Waals surface area contributed by atoms with Gasteiger partial charge < -0.3 is 25.3 Å². The zero-order chi connectivity index (χ0) is 22.6. The van der Waals surface area contributed by atoms with Crippen LogP contribution in [0.1, 0.15) is 53.4 Å². The summed E-state index contributed by atoms with van der Waals surface area (Å²) in [5, 5.41) is 6.61. The van der Waals surface area contributed by atoms with E-state index in [1.165, 1.54) is 6.33 Å². The molecule has 1 fully saturated rings. The van der Waals surface area contributed by atoms with Gasteiger partial charge in [-0.2, -0.15) is 0 Å². The van der Waals surface area contributed by atoms with E-state index in [-0.39, 0.29) is 5.91 Å². The summed E-state index contributed by atoms with van der Waals surface area (Å²) < 4.78 is 5.43. The summed E-state index contributed by atoms with van der Waals surface area (Å²) in [5.74, 6) is 0.514. The predicted molar refractivity (Wildman–Crippen MR) is 120 cm³/mol. The second kappa shape index (κ2) is 9.30. The Labute approximate surface area is 187 Å². The molecule has 0 aromatic carbocycles. The standard InChI is InChI=1S/C21H31ClN6O3/c1-5-6-15(22)26-18(29)21(27-19(30)31-20(2,3)4)8-11-28(12-9-21)17-14-7-10-23-16(14)24-13-25-17/h7,10,13,15H,5-6,8-9,11-12H2,1-4H3,(H,26,29)(H,27,30)(H,23,24,25). The number of rotatable bonds is 6. The summed E-state index contributed by atoms with van der Waals surface area (Å²) in [6.07, 6.45) is 5.00. The molecule has 0 spiro atoms. The maximum Gasteiger partial charge on any atom is 0.408 e. The second-order valence-electron chi connectivity index (χ2n) is 8.86. The van der Waals surface area contributed by atoms with Crippen LogP contribution < -0.4 is 15.5 Å². The Kier molecular flexibility index (Phi) is 6.93. The number of nitrogens with one attached hydrogen (secondary N) is 3. The number of hydrogen-bond acceptors (Lipinski definition) is 6. The van der Waals surface area contributed by atoms with Gasteiger partial charge in [-0.05, 0) is 46.1 Å². The molecule has 170 valence electrons. The van der Waals surface area contributed by atoms with Crippen LogP contribution >= 0.6 is 11.6 Å². The first kappa shape index (κ1) is 23.1.